The Kier molecular flexibility index (Phi) is 9.01. The summed E-state index contributed by atoms with van der Waals surface area (Å²) in [5, 5.41) is 13.6. The van der Waals surface area contributed by atoms with E-state index in [0.717, 1.165) is 16.7 Å². The number of benzene rings is 3. The van der Waals surface area contributed by atoms with Crippen LogP contribution < -0.4 is 19.5 Å². The maximum atomic E-state index is 12.2. The molecule has 0 aliphatic carbocycles. The summed E-state index contributed by atoms with van der Waals surface area (Å²) < 4.78 is 16.2. The SMILES string of the molecule is COc1cc(CN(C)Cc2ccc(C=CC(=O)Nc3ccccc3[N+](=O)[O-])cc2)cc(OC)c1OC. The Morgan fingerprint density at radius 3 is 2.14 bits per heavy atom. The second kappa shape index (κ2) is 12.4. The Hall–Kier alpha value is -4.37. The Balaban J connectivity index is 1.59. The molecule has 0 atom stereocenters. The number of nitro benzene ring substituents is 1. The summed E-state index contributed by atoms with van der Waals surface area (Å²) in [6.07, 6.45) is 3.01. The van der Waals surface area contributed by atoms with Crippen LogP contribution in [-0.4, -0.2) is 44.1 Å². The molecular weight excluding hydrogens is 462 g/mol. The van der Waals surface area contributed by atoms with Crippen molar-refractivity contribution in [3.8, 4) is 17.2 Å². The molecular formula is C27H29N3O6. The maximum absolute atomic E-state index is 12.2. The summed E-state index contributed by atoms with van der Waals surface area (Å²) in [5.41, 5.74) is 2.97. The second-order valence-corrected chi connectivity index (χ2v) is 8.04. The highest BCUT2D eigenvalue weighted by molar-refractivity contribution is 6.03. The van der Waals surface area contributed by atoms with Crippen LogP contribution in [0.5, 0.6) is 17.2 Å². The lowest BCUT2D eigenvalue weighted by molar-refractivity contribution is -0.383. The number of anilines is 1. The number of nitrogens with one attached hydrogen (secondary N) is 1. The monoisotopic (exact) mass is 491 g/mol. The first kappa shape index (κ1) is 26.2. The maximum Gasteiger partial charge on any atom is 0.292 e. The molecule has 9 nitrogen and oxygen atoms in total. The van der Waals surface area contributed by atoms with E-state index < -0.39 is 10.8 Å². The zero-order valence-electron chi connectivity index (χ0n) is 20.7. The van der Waals surface area contributed by atoms with Crippen molar-refractivity contribution in [2.45, 2.75) is 13.1 Å². The van der Waals surface area contributed by atoms with Gasteiger partial charge in [0.15, 0.2) is 11.5 Å². The fraction of sp³-hybridized carbons (Fsp3) is 0.222. The third-order valence-electron chi connectivity index (χ3n) is 5.39. The van der Waals surface area contributed by atoms with Gasteiger partial charge in [0.1, 0.15) is 5.69 Å². The van der Waals surface area contributed by atoms with Crippen LogP contribution in [0.15, 0.2) is 66.7 Å². The molecule has 0 radical (unpaired) electrons. The van der Waals surface area contributed by atoms with Crippen molar-refractivity contribution < 1.29 is 23.9 Å². The molecule has 0 spiro atoms. The summed E-state index contributed by atoms with van der Waals surface area (Å²) in [6, 6.07) is 17.7. The predicted molar refractivity (Wildman–Crippen MR) is 138 cm³/mol. The van der Waals surface area contributed by atoms with E-state index in [9.17, 15) is 14.9 Å². The number of nitrogens with zero attached hydrogens (tertiary/aromatic N) is 2. The van der Waals surface area contributed by atoms with Crippen LogP contribution >= 0.6 is 0 Å². The van der Waals surface area contributed by atoms with Crippen molar-refractivity contribution in [2.24, 2.45) is 0 Å². The molecule has 0 unspecified atom stereocenters. The molecule has 0 bridgehead atoms. The number of methoxy groups -OCH3 is 3. The van der Waals surface area contributed by atoms with E-state index in [1.165, 1.54) is 18.2 Å². The first-order valence-corrected chi connectivity index (χ1v) is 11.1. The quantitative estimate of drug-likeness (QED) is 0.231. The third kappa shape index (κ3) is 6.83. The summed E-state index contributed by atoms with van der Waals surface area (Å²) in [4.78, 5) is 24.9. The fourth-order valence-electron chi connectivity index (χ4n) is 3.72. The van der Waals surface area contributed by atoms with Crippen molar-refractivity contribution in [1.82, 2.24) is 4.90 Å². The normalized spacial score (nSPS) is 10.9. The molecule has 36 heavy (non-hydrogen) atoms. The molecule has 0 heterocycles. The van der Waals surface area contributed by atoms with E-state index in [1.54, 1.807) is 39.5 Å². The van der Waals surface area contributed by atoms with Crippen LogP contribution in [0, 0.1) is 10.1 Å². The van der Waals surface area contributed by atoms with Crippen LogP contribution in [0.25, 0.3) is 6.08 Å². The molecule has 3 aromatic rings. The molecule has 0 saturated carbocycles. The number of carbonyl (C=O) groups is 1. The number of carbonyl (C=O) groups excluding carboxylic acids is 1. The lowest BCUT2D eigenvalue weighted by Gasteiger charge is -2.19. The van der Waals surface area contributed by atoms with Crippen molar-refractivity contribution in [3.63, 3.8) is 0 Å². The van der Waals surface area contributed by atoms with Gasteiger partial charge in [-0.25, -0.2) is 0 Å². The fourth-order valence-corrected chi connectivity index (χ4v) is 3.72. The summed E-state index contributed by atoms with van der Waals surface area (Å²) in [6.45, 7) is 1.38. The molecule has 1 N–H and O–H groups in total. The van der Waals surface area contributed by atoms with Crippen molar-refractivity contribution >= 4 is 23.4 Å². The molecule has 0 fully saturated rings. The number of nitro groups is 1. The Bertz CT molecular complexity index is 1220. The highest BCUT2D eigenvalue weighted by Crippen LogP contribution is 2.38. The average Bonchev–Trinajstić information content (AvgIpc) is 2.87. The van der Waals surface area contributed by atoms with Crippen molar-refractivity contribution in [1.29, 1.82) is 0 Å². The first-order chi connectivity index (χ1) is 17.3. The number of hydrogen-bond donors (Lipinski definition) is 1. The first-order valence-electron chi connectivity index (χ1n) is 11.1. The lowest BCUT2D eigenvalue weighted by Crippen LogP contribution is -2.17. The molecule has 1 amide bonds. The minimum absolute atomic E-state index is 0.153. The molecule has 3 rings (SSSR count). The highest BCUT2D eigenvalue weighted by Gasteiger charge is 2.15. The minimum atomic E-state index is -0.531. The van der Waals surface area contributed by atoms with E-state index >= 15 is 0 Å². The van der Waals surface area contributed by atoms with Gasteiger partial charge in [-0.2, -0.15) is 0 Å². The van der Waals surface area contributed by atoms with Gasteiger partial charge in [-0.3, -0.25) is 19.8 Å². The average molecular weight is 492 g/mol. The van der Waals surface area contributed by atoms with Crippen LogP contribution in [0.2, 0.25) is 0 Å². The van der Waals surface area contributed by atoms with Crippen LogP contribution in [0.4, 0.5) is 11.4 Å². The van der Waals surface area contributed by atoms with E-state index in [1.807, 2.05) is 43.4 Å². The zero-order valence-corrected chi connectivity index (χ0v) is 20.7. The van der Waals surface area contributed by atoms with Gasteiger partial charge in [0.05, 0.1) is 26.3 Å². The van der Waals surface area contributed by atoms with Gasteiger partial charge in [0, 0.05) is 25.2 Å². The van der Waals surface area contributed by atoms with Crippen molar-refractivity contribution in [3.05, 3.63) is 93.5 Å². The van der Waals surface area contributed by atoms with E-state index in [4.69, 9.17) is 14.2 Å². The van der Waals surface area contributed by atoms with Gasteiger partial charge >= 0.3 is 0 Å². The molecule has 0 aliphatic rings. The van der Waals surface area contributed by atoms with Crippen LogP contribution in [0.1, 0.15) is 16.7 Å². The van der Waals surface area contributed by atoms with Crippen LogP contribution in [-0.2, 0) is 17.9 Å². The standard InChI is InChI=1S/C27H29N3O6/c1-29(18-21-15-24(34-2)27(36-4)25(16-21)35-3)17-20-11-9-19(10-12-20)13-14-26(31)28-22-7-5-6-8-23(22)30(32)33/h5-16H,17-18H2,1-4H3,(H,28,31). The molecule has 0 aliphatic heterocycles. The largest absolute Gasteiger partial charge is 0.493 e. The lowest BCUT2D eigenvalue weighted by atomic mass is 10.1. The number of ether oxygens (including phenoxy) is 3. The number of amides is 1. The number of rotatable bonds is 11. The van der Waals surface area contributed by atoms with Gasteiger partial charge in [-0.15, -0.1) is 0 Å². The van der Waals surface area contributed by atoms with E-state index in [0.29, 0.717) is 30.3 Å². The predicted octanol–water partition coefficient (Wildman–Crippen LogP) is 4.90. The van der Waals surface area contributed by atoms with E-state index in [2.05, 4.69) is 10.2 Å². The van der Waals surface area contributed by atoms with Gasteiger partial charge in [-0.05, 0) is 48.0 Å². The molecule has 9 heteroatoms. The molecule has 0 saturated heterocycles. The highest BCUT2D eigenvalue weighted by atomic mass is 16.6. The zero-order chi connectivity index (χ0) is 26.1. The van der Waals surface area contributed by atoms with Crippen LogP contribution in [0.3, 0.4) is 0 Å². The summed E-state index contributed by atoms with van der Waals surface area (Å²) in [5.74, 6) is 1.34. The smallest absolute Gasteiger partial charge is 0.292 e. The van der Waals surface area contributed by atoms with E-state index in [-0.39, 0.29) is 11.4 Å². The molecule has 3 aromatic carbocycles. The topological polar surface area (TPSA) is 103 Å². The molecule has 188 valence electrons. The van der Waals surface area contributed by atoms with Gasteiger partial charge in [0.25, 0.3) is 5.69 Å². The number of hydrogen-bond acceptors (Lipinski definition) is 7. The molecule has 0 aromatic heterocycles. The van der Waals surface area contributed by atoms with Gasteiger partial charge in [0.2, 0.25) is 11.7 Å². The Labute approximate surface area is 210 Å². The van der Waals surface area contributed by atoms with Gasteiger partial charge in [-0.1, -0.05) is 36.4 Å². The summed E-state index contributed by atoms with van der Waals surface area (Å²) in [7, 11) is 6.78. The summed E-state index contributed by atoms with van der Waals surface area (Å²) >= 11 is 0. The Morgan fingerprint density at radius 2 is 1.56 bits per heavy atom. The third-order valence-corrected chi connectivity index (χ3v) is 5.39. The number of para-hydroxylation sites is 2. The van der Waals surface area contributed by atoms with Crippen molar-refractivity contribution in [2.75, 3.05) is 33.7 Å². The Morgan fingerprint density at radius 1 is 0.944 bits per heavy atom. The van der Waals surface area contributed by atoms with Gasteiger partial charge < -0.3 is 19.5 Å². The minimum Gasteiger partial charge on any atom is -0.493 e. The second-order valence-electron chi connectivity index (χ2n) is 8.04.